The number of benzene rings is 3. The van der Waals surface area contributed by atoms with Crippen LogP contribution in [0, 0.1) is 0 Å². The molecule has 5 nitrogen and oxygen atoms in total. The third kappa shape index (κ3) is 4.35. The predicted octanol–water partition coefficient (Wildman–Crippen LogP) is 6.24. The first-order valence-corrected chi connectivity index (χ1v) is 10.9. The lowest BCUT2D eigenvalue weighted by atomic mass is 10.0. The number of carbonyl (C=O) groups excluding carboxylic acids is 1. The molecule has 4 aromatic rings. The van der Waals surface area contributed by atoms with Gasteiger partial charge in [0.25, 0.3) is 5.91 Å². The molecule has 1 amide bonds. The number of amides is 1. The van der Waals surface area contributed by atoms with Crippen molar-refractivity contribution in [1.82, 2.24) is 4.57 Å². The van der Waals surface area contributed by atoms with Gasteiger partial charge < -0.3 is 19.4 Å². The normalized spacial score (nSPS) is 14.3. The summed E-state index contributed by atoms with van der Waals surface area (Å²) in [7, 11) is 1.59. The monoisotopic (exact) mass is 478 g/mol. The second kappa shape index (κ2) is 8.87. The van der Waals surface area contributed by atoms with Crippen LogP contribution in [0.2, 0.25) is 0 Å². The summed E-state index contributed by atoms with van der Waals surface area (Å²) >= 11 is 0. The largest absolute Gasteiger partial charge is 0.493 e. The van der Waals surface area contributed by atoms with Crippen molar-refractivity contribution >= 4 is 34.1 Å². The van der Waals surface area contributed by atoms with E-state index in [-0.39, 0.29) is 5.69 Å². The number of alkyl halides is 3. The van der Waals surface area contributed by atoms with Crippen LogP contribution in [0.25, 0.3) is 22.6 Å². The second-order valence-electron chi connectivity index (χ2n) is 8.06. The molecule has 2 heterocycles. The summed E-state index contributed by atoms with van der Waals surface area (Å²) in [5, 5.41) is 3.47. The molecule has 0 fully saturated rings. The van der Waals surface area contributed by atoms with Gasteiger partial charge in [0.05, 0.1) is 19.2 Å². The fourth-order valence-electron chi connectivity index (χ4n) is 4.24. The minimum Gasteiger partial charge on any atom is -0.493 e. The smallest absolute Gasteiger partial charge is 0.416 e. The van der Waals surface area contributed by atoms with Crippen molar-refractivity contribution < 1.29 is 27.4 Å². The Balaban J connectivity index is 1.45. The van der Waals surface area contributed by atoms with Gasteiger partial charge in [0, 0.05) is 39.5 Å². The maximum absolute atomic E-state index is 13.1. The highest BCUT2D eigenvalue weighted by Crippen LogP contribution is 2.39. The van der Waals surface area contributed by atoms with Gasteiger partial charge in [0.15, 0.2) is 11.5 Å². The van der Waals surface area contributed by atoms with Crippen LogP contribution in [0.3, 0.4) is 0 Å². The van der Waals surface area contributed by atoms with E-state index in [9.17, 15) is 18.0 Å². The second-order valence-corrected chi connectivity index (χ2v) is 8.06. The Morgan fingerprint density at radius 3 is 2.51 bits per heavy atom. The van der Waals surface area contributed by atoms with Crippen molar-refractivity contribution in [2.75, 3.05) is 19.0 Å². The average molecular weight is 478 g/mol. The number of hydrogen-bond donors (Lipinski definition) is 1. The Morgan fingerprint density at radius 2 is 1.74 bits per heavy atom. The van der Waals surface area contributed by atoms with E-state index in [0.29, 0.717) is 35.8 Å². The van der Waals surface area contributed by atoms with Gasteiger partial charge in [-0.05, 0) is 36.4 Å². The maximum atomic E-state index is 13.1. The lowest BCUT2D eigenvalue weighted by molar-refractivity contribution is -0.137. The number of rotatable bonds is 6. The summed E-state index contributed by atoms with van der Waals surface area (Å²) in [4.78, 5) is 12.6. The van der Waals surface area contributed by atoms with Crippen LogP contribution in [0.4, 0.5) is 18.9 Å². The van der Waals surface area contributed by atoms with Gasteiger partial charge in [-0.25, -0.2) is 0 Å². The molecular weight excluding hydrogens is 457 g/mol. The molecule has 178 valence electrons. The van der Waals surface area contributed by atoms with Gasteiger partial charge in [-0.15, -0.1) is 0 Å². The molecular formula is C27H21F3N2O3. The number of nitrogens with one attached hydrogen (secondary N) is 1. The minimum atomic E-state index is -4.48. The van der Waals surface area contributed by atoms with Gasteiger partial charge in [-0.2, -0.15) is 13.2 Å². The first-order chi connectivity index (χ1) is 16.8. The number of para-hydroxylation sites is 3. The number of ether oxygens (including phenoxy) is 2. The fraction of sp³-hybridized carbons (Fsp3) is 0.148. The van der Waals surface area contributed by atoms with E-state index in [1.165, 1.54) is 6.07 Å². The quantitative estimate of drug-likeness (QED) is 0.334. The molecule has 1 N–H and O–H groups in total. The van der Waals surface area contributed by atoms with E-state index >= 15 is 0 Å². The molecule has 0 saturated carbocycles. The number of hydrogen-bond acceptors (Lipinski definition) is 3. The molecule has 0 atom stereocenters. The highest BCUT2D eigenvalue weighted by Gasteiger charge is 2.33. The van der Waals surface area contributed by atoms with E-state index in [1.54, 1.807) is 13.2 Å². The molecule has 0 saturated heterocycles. The predicted molar refractivity (Wildman–Crippen MR) is 128 cm³/mol. The molecule has 1 aliphatic rings. The third-order valence-corrected chi connectivity index (χ3v) is 5.91. The number of nitrogens with zero attached hydrogens (tertiary/aromatic N) is 1. The Labute approximate surface area is 199 Å². The van der Waals surface area contributed by atoms with Crippen molar-refractivity contribution in [3.63, 3.8) is 0 Å². The van der Waals surface area contributed by atoms with E-state index < -0.39 is 17.6 Å². The lowest BCUT2D eigenvalue weighted by Crippen LogP contribution is -2.07. The summed E-state index contributed by atoms with van der Waals surface area (Å²) in [6.45, 7) is 0.929. The Morgan fingerprint density at radius 1 is 1.00 bits per heavy atom. The van der Waals surface area contributed by atoms with Crippen LogP contribution in [0.15, 0.2) is 72.9 Å². The maximum Gasteiger partial charge on any atom is 0.416 e. The van der Waals surface area contributed by atoms with E-state index in [2.05, 4.69) is 5.32 Å². The minimum absolute atomic E-state index is 0.157. The zero-order chi connectivity index (χ0) is 24.6. The zero-order valence-corrected chi connectivity index (χ0v) is 18.7. The van der Waals surface area contributed by atoms with Crippen LogP contribution < -0.4 is 14.8 Å². The number of anilines is 1. The summed E-state index contributed by atoms with van der Waals surface area (Å²) < 4.78 is 52.5. The van der Waals surface area contributed by atoms with E-state index in [1.807, 2.05) is 59.3 Å². The van der Waals surface area contributed by atoms with Crippen LogP contribution in [0.1, 0.15) is 16.7 Å². The van der Waals surface area contributed by atoms with Gasteiger partial charge in [0.2, 0.25) is 0 Å². The third-order valence-electron chi connectivity index (χ3n) is 5.91. The van der Waals surface area contributed by atoms with Crippen molar-refractivity contribution in [2.45, 2.75) is 12.7 Å². The molecule has 0 bridgehead atoms. The molecule has 35 heavy (non-hydrogen) atoms. The van der Waals surface area contributed by atoms with Gasteiger partial charge in [-0.3, -0.25) is 4.79 Å². The number of fused-ring (bicyclic) bond motifs is 2. The first kappa shape index (κ1) is 22.6. The summed E-state index contributed by atoms with van der Waals surface area (Å²) in [6.07, 6.45) is -0.849. The number of carbonyl (C=O) groups is 1. The van der Waals surface area contributed by atoms with Crippen molar-refractivity contribution in [1.29, 1.82) is 0 Å². The number of methoxy groups -OCH3 is 1. The number of aromatic nitrogens is 1. The van der Waals surface area contributed by atoms with E-state index in [4.69, 9.17) is 9.47 Å². The Kier molecular flexibility index (Phi) is 5.72. The van der Waals surface area contributed by atoms with Crippen molar-refractivity contribution in [2.24, 2.45) is 0 Å². The van der Waals surface area contributed by atoms with Gasteiger partial charge >= 0.3 is 6.18 Å². The van der Waals surface area contributed by atoms with Crippen LogP contribution in [-0.2, 0) is 17.5 Å². The van der Waals surface area contributed by atoms with E-state index in [0.717, 1.165) is 28.6 Å². The zero-order valence-electron chi connectivity index (χ0n) is 18.7. The highest BCUT2D eigenvalue weighted by atomic mass is 19.4. The van der Waals surface area contributed by atoms with Crippen molar-refractivity contribution in [3.8, 4) is 11.5 Å². The first-order valence-electron chi connectivity index (χ1n) is 10.9. The van der Waals surface area contributed by atoms with Crippen molar-refractivity contribution in [3.05, 3.63) is 89.6 Å². The highest BCUT2D eigenvalue weighted by molar-refractivity contribution is 6.35. The fourth-order valence-corrected chi connectivity index (χ4v) is 4.24. The molecule has 0 radical (unpaired) electrons. The molecule has 1 aliphatic heterocycles. The van der Waals surface area contributed by atoms with Gasteiger partial charge in [0.1, 0.15) is 6.61 Å². The Bertz CT molecular complexity index is 1450. The number of halogens is 3. The molecule has 1 aromatic heterocycles. The lowest BCUT2D eigenvalue weighted by Gasteiger charge is -2.11. The molecule has 8 heteroatoms. The van der Waals surface area contributed by atoms with Gasteiger partial charge in [-0.1, -0.05) is 36.4 Å². The van der Waals surface area contributed by atoms with Crippen LogP contribution >= 0.6 is 0 Å². The molecule has 0 spiro atoms. The standard InChI is InChI=1S/C27H21F3N2O3/c1-34-24-8-4-5-9-25(24)35-13-12-32-16-17(19-6-2-3-7-23(19)32)14-21-20-11-10-18(27(28,29)30)15-22(20)31-26(21)33/h2-11,14-16H,12-13H2,1H3,(H,31,33)/b21-14+. The summed E-state index contributed by atoms with van der Waals surface area (Å²) in [6, 6.07) is 18.4. The molecule has 0 unspecified atom stereocenters. The summed E-state index contributed by atoms with van der Waals surface area (Å²) in [5.41, 5.74) is 1.86. The molecule has 3 aromatic carbocycles. The molecule has 5 rings (SSSR count). The molecule has 0 aliphatic carbocycles. The van der Waals surface area contributed by atoms with Crippen LogP contribution in [-0.4, -0.2) is 24.2 Å². The van der Waals surface area contributed by atoms with Crippen LogP contribution in [0.5, 0.6) is 11.5 Å². The SMILES string of the molecule is COc1ccccc1OCCn1cc(/C=C2/C(=O)Nc3cc(C(F)(F)F)ccc32)c2ccccc21. The Hall–Kier alpha value is -4.20. The average Bonchev–Trinajstić information content (AvgIpc) is 3.35. The topological polar surface area (TPSA) is 52.5 Å². The summed E-state index contributed by atoms with van der Waals surface area (Å²) in [5.74, 6) is 0.858.